The molecule has 3 rings (SSSR count). The van der Waals surface area contributed by atoms with Gasteiger partial charge in [0.2, 0.25) is 5.82 Å². The first-order valence-electron chi connectivity index (χ1n) is 5.45. The molecule has 0 spiro atoms. The van der Waals surface area contributed by atoms with Crippen molar-refractivity contribution in [3.8, 4) is 28.6 Å². The van der Waals surface area contributed by atoms with Crippen molar-refractivity contribution in [1.29, 1.82) is 0 Å². The normalized spacial score (nSPS) is 10.8. The Kier molecular flexibility index (Phi) is 2.72. The topological polar surface area (TPSA) is 77.0 Å². The van der Waals surface area contributed by atoms with Crippen molar-refractivity contribution in [3.63, 3.8) is 0 Å². The van der Waals surface area contributed by atoms with Gasteiger partial charge in [0.25, 0.3) is 5.89 Å². The smallest absolute Gasteiger partial charge is 0.258 e. The SMILES string of the molecule is Cn1cc(-c2noc(-c3ccc(O)c(Cl)c3)n2)cn1. The van der Waals surface area contributed by atoms with E-state index in [1.54, 1.807) is 29.2 Å². The zero-order valence-corrected chi connectivity index (χ0v) is 10.7. The summed E-state index contributed by atoms with van der Waals surface area (Å²) in [6, 6.07) is 4.70. The second-order valence-corrected chi connectivity index (χ2v) is 4.40. The summed E-state index contributed by atoms with van der Waals surface area (Å²) in [6.07, 6.45) is 3.44. The maximum absolute atomic E-state index is 9.37. The second kappa shape index (κ2) is 4.40. The molecule has 7 heteroatoms. The lowest BCUT2D eigenvalue weighted by atomic mass is 10.2. The standard InChI is InChI=1S/C12H9ClN4O2/c1-17-6-8(5-14-17)11-15-12(19-16-11)7-2-3-10(18)9(13)4-7/h2-6,18H,1H3. The molecular weight excluding hydrogens is 268 g/mol. The summed E-state index contributed by atoms with van der Waals surface area (Å²) in [6.45, 7) is 0. The van der Waals surface area contributed by atoms with Crippen molar-refractivity contribution in [2.24, 2.45) is 7.05 Å². The van der Waals surface area contributed by atoms with Gasteiger partial charge in [-0.25, -0.2) is 0 Å². The predicted octanol–water partition coefficient (Wildman–Crippen LogP) is 2.50. The molecule has 1 N–H and O–H groups in total. The van der Waals surface area contributed by atoms with Crippen LogP contribution in [0, 0.1) is 0 Å². The van der Waals surface area contributed by atoms with Crippen LogP contribution in [-0.4, -0.2) is 25.0 Å². The first kappa shape index (κ1) is 11.7. The number of hydrogen-bond acceptors (Lipinski definition) is 5. The van der Waals surface area contributed by atoms with E-state index in [-0.39, 0.29) is 10.8 Å². The lowest BCUT2D eigenvalue weighted by molar-refractivity contribution is 0.432. The van der Waals surface area contributed by atoms with Gasteiger partial charge in [-0.3, -0.25) is 4.68 Å². The van der Waals surface area contributed by atoms with Crippen LogP contribution in [0.2, 0.25) is 5.02 Å². The largest absolute Gasteiger partial charge is 0.506 e. The molecule has 0 atom stereocenters. The van der Waals surface area contributed by atoms with E-state index in [2.05, 4.69) is 15.2 Å². The lowest BCUT2D eigenvalue weighted by Gasteiger charge is -1.97. The number of aromatic nitrogens is 4. The predicted molar refractivity (Wildman–Crippen MR) is 68.6 cm³/mol. The van der Waals surface area contributed by atoms with Crippen LogP contribution in [0.5, 0.6) is 5.75 Å². The number of benzene rings is 1. The van der Waals surface area contributed by atoms with E-state index in [9.17, 15) is 5.11 Å². The molecule has 6 nitrogen and oxygen atoms in total. The molecule has 0 radical (unpaired) electrons. The molecule has 0 aliphatic heterocycles. The molecule has 2 aromatic heterocycles. The zero-order chi connectivity index (χ0) is 13.4. The van der Waals surface area contributed by atoms with Gasteiger partial charge in [-0.05, 0) is 18.2 Å². The molecular formula is C12H9ClN4O2. The molecule has 19 heavy (non-hydrogen) atoms. The minimum Gasteiger partial charge on any atom is -0.506 e. The Labute approximate surface area is 113 Å². The van der Waals surface area contributed by atoms with E-state index in [1.807, 2.05) is 7.05 Å². The maximum atomic E-state index is 9.37. The molecule has 1 aromatic carbocycles. The highest BCUT2D eigenvalue weighted by atomic mass is 35.5. The molecule has 0 fully saturated rings. The summed E-state index contributed by atoms with van der Waals surface area (Å²) in [5.41, 5.74) is 1.41. The molecule has 3 aromatic rings. The van der Waals surface area contributed by atoms with Crippen LogP contribution in [0.4, 0.5) is 0 Å². The van der Waals surface area contributed by atoms with Crippen LogP contribution in [0.3, 0.4) is 0 Å². The number of halogens is 1. The van der Waals surface area contributed by atoms with Gasteiger partial charge in [0, 0.05) is 18.8 Å². The van der Waals surface area contributed by atoms with Gasteiger partial charge in [-0.1, -0.05) is 16.8 Å². The number of phenols is 1. The van der Waals surface area contributed by atoms with E-state index in [1.165, 1.54) is 6.07 Å². The van der Waals surface area contributed by atoms with Crippen molar-refractivity contribution < 1.29 is 9.63 Å². The van der Waals surface area contributed by atoms with Gasteiger partial charge in [-0.15, -0.1) is 0 Å². The van der Waals surface area contributed by atoms with E-state index in [0.29, 0.717) is 17.3 Å². The summed E-state index contributed by atoms with van der Waals surface area (Å²) in [7, 11) is 1.81. The monoisotopic (exact) mass is 276 g/mol. The minimum atomic E-state index is 0.0115. The van der Waals surface area contributed by atoms with Crippen molar-refractivity contribution in [3.05, 3.63) is 35.6 Å². The van der Waals surface area contributed by atoms with Crippen molar-refractivity contribution in [2.45, 2.75) is 0 Å². The van der Waals surface area contributed by atoms with E-state index in [0.717, 1.165) is 5.56 Å². The first-order chi connectivity index (χ1) is 9.13. The van der Waals surface area contributed by atoms with Crippen LogP contribution in [0.15, 0.2) is 35.1 Å². The summed E-state index contributed by atoms with van der Waals surface area (Å²) in [5, 5.41) is 17.5. The van der Waals surface area contributed by atoms with Gasteiger partial charge in [0.05, 0.1) is 16.8 Å². The fourth-order valence-electron chi connectivity index (χ4n) is 1.63. The summed E-state index contributed by atoms with van der Waals surface area (Å²) < 4.78 is 6.83. The lowest BCUT2D eigenvalue weighted by Crippen LogP contribution is -1.84. The van der Waals surface area contributed by atoms with Crippen LogP contribution in [0.25, 0.3) is 22.8 Å². The van der Waals surface area contributed by atoms with Gasteiger partial charge in [0.15, 0.2) is 0 Å². The third kappa shape index (κ3) is 2.17. The Balaban J connectivity index is 1.98. The third-order valence-corrected chi connectivity index (χ3v) is 2.89. The number of aromatic hydroxyl groups is 1. The number of phenolic OH excluding ortho intramolecular Hbond substituents is 1. The molecule has 0 amide bonds. The van der Waals surface area contributed by atoms with Crippen LogP contribution in [0.1, 0.15) is 0 Å². The van der Waals surface area contributed by atoms with E-state index in [4.69, 9.17) is 16.1 Å². The van der Waals surface area contributed by atoms with Gasteiger partial charge in [-0.2, -0.15) is 10.1 Å². The van der Waals surface area contributed by atoms with Crippen molar-refractivity contribution in [2.75, 3.05) is 0 Å². The Morgan fingerprint density at radius 1 is 1.32 bits per heavy atom. The fourth-order valence-corrected chi connectivity index (χ4v) is 1.82. The quantitative estimate of drug-likeness (QED) is 0.778. The highest BCUT2D eigenvalue weighted by Gasteiger charge is 2.13. The Morgan fingerprint density at radius 2 is 2.16 bits per heavy atom. The summed E-state index contributed by atoms with van der Waals surface area (Å²) in [4.78, 5) is 4.26. The minimum absolute atomic E-state index is 0.0115. The summed E-state index contributed by atoms with van der Waals surface area (Å²) in [5.74, 6) is 0.797. The second-order valence-electron chi connectivity index (χ2n) is 3.99. The number of rotatable bonds is 2. The van der Waals surface area contributed by atoms with Crippen LogP contribution in [-0.2, 0) is 7.05 Å². The van der Waals surface area contributed by atoms with Crippen molar-refractivity contribution >= 4 is 11.6 Å². The highest BCUT2D eigenvalue weighted by molar-refractivity contribution is 6.32. The first-order valence-corrected chi connectivity index (χ1v) is 5.83. The fraction of sp³-hybridized carbons (Fsp3) is 0.0833. The van der Waals surface area contributed by atoms with Crippen LogP contribution < -0.4 is 0 Å². The van der Waals surface area contributed by atoms with Gasteiger partial charge < -0.3 is 9.63 Å². The molecule has 0 saturated carbocycles. The Morgan fingerprint density at radius 3 is 2.84 bits per heavy atom. The van der Waals surface area contributed by atoms with E-state index < -0.39 is 0 Å². The Hall–Kier alpha value is -2.34. The third-order valence-electron chi connectivity index (χ3n) is 2.58. The number of nitrogens with zero attached hydrogens (tertiary/aromatic N) is 4. The maximum Gasteiger partial charge on any atom is 0.258 e. The molecule has 0 unspecified atom stereocenters. The van der Waals surface area contributed by atoms with Gasteiger partial charge >= 0.3 is 0 Å². The van der Waals surface area contributed by atoms with E-state index >= 15 is 0 Å². The van der Waals surface area contributed by atoms with Crippen LogP contribution >= 0.6 is 11.6 Å². The Bertz CT molecular complexity index is 735. The zero-order valence-electron chi connectivity index (χ0n) is 9.91. The molecule has 0 aliphatic rings. The molecule has 2 heterocycles. The molecule has 96 valence electrons. The molecule has 0 bridgehead atoms. The number of aryl methyl sites for hydroxylation is 1. The molecule has 0 aliphatic carbocycles. The van der Waals surface area contributed by atoms with Crippen molar-refractivity contribution in [1.82, 2.24) is 19.9 Å². The average Bonchev–Trinajstić information content (AvgIpc) is 3.01. The summed E-state index contributed by atoms with van der Waals surface area (Å²) >= 11 is 5.84. The number of hydrogen-bond donors (Lipinski definition) is 1. The highest BCUT2D eigenvalue weighted by Crippen LogP contribution is 2.29. The average molecular weight is 277 g/mol. The van der Waals surface area contributed by atoms with Gasteiger partial charge in [0.1, 0.15) is 5.75 Å². The molecule has 0 saturated heterocycles.